The van der Waals surface area contributed by atoms with Crippen molar-refractivity contribution in [1.82, 2.24) is 10.2 Å². The van der Waals surface area contributed by atoms with Crippen molar-refractivity contribution in [2.24, 2.45) is 0 Å². The Morgan fingerprint density at radius 3 is 2.65 bits per heavy atom. The zero-order valence-electron chi connectivity index (χ0n) is 11.0. The summed E-state index contributed by atoms with van der Waals surface area (Å²) in [5.41, 5.74) is 1.41. The zero-order valence-corrected chi connectivity index (χ0v) is 11.0. The molecule has 1 saturated heterocycles. The van der Waals surface area contributed by atoms with E-state index in [-0.39, 0.29) is 5.54 Å². The summed E-state index contributed by atoms with van der Waals surface area (Å²) in [5, 5.41) is 3.52. The summed E-state index contributed by atoms with van der Waals surface area (Å²) in [4.78, 5) is 2.44. The lowest BCUT2D eigenvalue weighted by atomic mass is 9.90. The molecule has 1 N–H and O–H groups in total. The number of likely N-dealkylation sites (N-methyl/N-ethyl adjacent to an activating group) is 1. The highest BCUT2D eigenvalue weighted by Crippen LogP contribution is 2.29. The molecule has 0 saturated carbocycles. The molecule has 0 amide bonds. The molecule has 0 spiro atoms. The van der Waals surface area contributed by atoms with Gasteiger partial charge in [-0.15, -0.1) is 0 Å². The van der Waals surface area contributed by atoms with Crippen LogP contribution in [-0.4, -0.2) is 38.7 Å². The fraction of sp³-hybridized carbons (Fsp3) is 0.571. The molecule has 1 unspecified atom stereocenters. The molecule has 0 aromatic heterocycles. The number of ether oxygens (including phenoxy) is 1. The van der Waals surface area contributed by atoms with Gasteiger partial charge in [-0.25, -0.2) is 0 Å². The third kappa shape index (κ3) is 2.45. The molecule has 0 bridgehead atoms. The van der Waals surface area contributed by atoms with Crippen LogP contribution in [0.1, 0.15) is 18.9 Å². The van der Waals surface area contributed by atoms with Crippen LogP contribution in [0.2, 0.25) is 0 Å². The quantitative estimate of drug-likeness (QED) is 0.845. The molecule has 94 valence electrons. The van der Waals surface area contributed by atoms with Crippen molar-refractivity contribution in [3.05, 3.63) is 29.8 Å². The van der Waals surface area contributed by atoms with Crippen LogP contribution in [0.5, 0.6) is 5.75 Å². The molecule has 1 aromatic rings. The predicted molar refractivity (Wildman–Crippen MR) is 70.5 cm³/mol. The summed E-state index contributed by atoms with van der Waals surface area (Å²) in [6.45, 7) is 5.54. The second-order valence-electron chi connectivity index (χ2n) is 4.95. The first-order valence-corrected chi connectivity index (χ1v) is 6.23. The van der Waals surface area contributed by atoms with Crippen LogP contribution < -0.4 is 10.1 Å². The van der Waals surface area contributed by atoms with Crippen molar-refractivity contribution in [3.63, 3.8) is 0 Å². The van der Waals surface area contributed by atoms with Gasteiger partial charge in [-0.3, -0.25) is 4.90 Å². The van der Waals surface area contributed by atoms with Gasteiger partial charge < -0.3 is 10.1 Å². The average molecular weight is 234 g/mol. The Bertz CT molecular complexity index is 363. The first-order valence-electron chi connectivity index (χ1n) is 6.23. The maximum atomic E-state index is 5.21. The van der Waals surface area contributed by atoms with Crippen molar-refractivity contribution in [3.8, 4) is 5.75 Å². The van der Waals surface area contributed by atoms with E-state index in [1.165, 1.54) is 12.0 Å². The lowest BCUT2D eigenvalue weighted by Gasteiger charge is -2.38. The topological polar surface area (TPSA) is 24.5 Å². The first kappa shape index (κ1) is 12.4. The summed E-state index contributed by atoms with van der Waals surface area (Å²) in [5.74, 6) is 0.918. The third-order valence-corrected chi connectivity index (χ3v) is 3.87. The van der Waals surface area contributed by atoms with Gasteiger partial charge in [-0.05, 0) is 51.2 Å². The van der Waals surface area contributed by atoms with Crippen molar-refractivity contribution < 1.29 is 4.74 Å². The minimum absolute atomic E-state index is 0.0722. The lowest BCUT2D eigenvalue weighted by molar-refractivity contribution is 0.151. The molecular formula is C14H22N2O. The Balaban J connectivity index is 2.27. The van der Waals surface area contributed by atoms with Gasteiger partial charge in [0.2, 0.25) is 0 Å². The van der Waals surface area contributed by atoms with E-state index in [1.54, 1.807) is 7.11 Å². The van der Waals surface area contributed by atoms with E-state index in [9.17, 15) is 0 Å². The first-order chi connectivity index (χ1) is 8.16. The Morgan fingerprint density at radius 2 is 2.00 bits per heavy atom. The highest BCUT2D eigenvalue weighted by atomic mass is 16.5. The van der Waals surface area contributed by atoms with E-state index in [1.807, 2.05) is 12.1 Å². The van der Waals surface area contributed by atoms with Crippen LogP contribution in [0.15, 0.2) is 24.3 Å². The molecule has 3 nitrogen and oxygen atoms in total. The van der Waals surface area contributed by atoms with Crippen LogP contribution in [0.4, 0.5) is 0 Å². The van der Waals surface area contributed by atoms with Gasteiger partial charge in [0.05, 0.1) is 12.6 Å². The minimum atomic E-state index is 0.0722. The number of hydrogen-bond donors (Lipinski definition) is 1. The molecule has 1 aliphatic rings. The van der Waals surface area contributed by atoms with Crippen LogP contribution >= 0.6 is 0 Å². The molecule has 2 rings (SSSR count). The molecular weight excluding hydrogens is 212 g/mol. The second-order valence-corrected chi connectivity index (χ2v) is 4.95. The smallest absolute Gasteiger partial charge is 0.118 e. The van der Waals surface area contributed by atoms with E-state index < -0.39 is 0 Å². The summed E-state index contributed by atoms with van der Waals surface area (Å²) in [6.07, 6.45) is 1.21. The molecule has 1 fully saturated rings. The van der Waals surface area contributed by atoms with E-state index >= 15 is 0 Å². The summed E-state index contributed by atoms with van der Waals surface area (Å²) in [7, 11) is 3.91. The van der Waals surface area contributed by atoms with Crippen molar-refractivity contribution >= 4 is 0 Å². The third-order valence-electron chi connectivity index (χ3n) is 3.87. The van der Waals surface area contributed by atoms with Gasteiger partial charge >= 0.3 is 0 Å². The largest absolute Gasteiger partial charge is 0.497 e. The van der Waals surface area contributed by atoms with Gasteiger partial charge in [-0.2, -0.15) is 0 Å². The summed E-state index contributed by atoms with van der Waals surface area (Å²) < 4.78 is 5.21. The highest BCUT2D eigenvalue weighted by Gasteiger charge is 2.32. The number of methoxy groups -OCH3 is 1. The van der Waals surface area contributed by atoms with Gasteiger partial charge in [0.25, 0.3) is 0 Å². The van der Waals surface area contributed by atoms with E-state index in [2.05, 4.69) is 36.3 Å². The summed E-state index contributed by atoms with van der Waals surface area (Å²) in [6, 6.07) is 8.42. The van der Waals surface area contributed by atoms with E-state index in [4.69, 9.17) is 4.74 Å². The van der Waals surface area contributed by atoms with Crippen LogP contribution in [-0.2, 0) is 5.54 Å². The second kappa shape index (κ2) is 5.07. The molecule has 1 aliphatic heterocycles. The fourth-order valence-electron chi connectivity index (χ4n) is 2.43. The maximum Gasteiger partial charge on any atom is 0.118 e. The molecule has 1 aromatic carbocycles. The van der Waals surface area contributed by atoms with Gasteiger partial charge in [-0.1, -0.05) is 12.1 Å². The maximum absolute atomic E-state index is 5.21. The molecule has 0 aliphatic carbocycles. The molecule has 1 atom stereocenters. The SMILES string of the molecule is COc1ccc(C2(C)CNCCCN2C)cc1. The number of benzene rings is 1. The predicted octanol–water partition coefficient (Wildman–Crippen LogP) is 1.84. The number of nitrogens with one attached hydrogen (secondary N) is 1. The van der Waals surface area contributed by atoms with E-state index in [0.717, 1.165) is 25.4 Å². The zero-order chi connectivity index (χ0) is 12.3. The fourth-order valence-corrected chi connectivity index (χ4v) is 2.43. The van der Waals surface area contributed by atoms with Crippen LogP contribution in [0.3, 0.4) is 0 Å². The van der Waals surface area contributed by atoms with Crippen LogP contribution in [0.25, 0.3) is 0 Å². The number of rotatable bonds is 2. The molecule has 1 heterocycles. The van der Waals surface area contributed by atoms with Gasteiger partial charge in [0.1, 0.15) is 5.75 Å². The Labute approximate surface area is 104 Å². The summed E-state index contributed by atoms with van der Waals surface area (Å²) >= 11 is 0. The van der Waals surface area contributed by atoms with Gasteiger partial charge in [0.15, 0.2) is 0 Å². The van der Waals surface area contributed by atoms with E-state index in [0.29, 0.717) is 0 Å². The number of hydrogen-bond acceptors (Lipinski definition) is 3. The lowest BCUT2D eigenvalue weighted by Crippen LogP contribution is -2.46. The van der Waals surface area contributed by atoms with Crippen molar-refractivity contribution in [2.75, 3.05) is 33.8 Å². The molecule has 17 heavy (non-hydrogen) atoms. The number of nitrogens with zero attached hydrogens (tertiary/aromatic N) is 1. The minimum Gasteiger partial charge on any atom is -0.497 e. The Hall–Kier alpha value is -1.06. The monoisotopic (exact) mass is 234 g/mol. The highest BCUT2D eigenvalue weighted by molar-refractivity contribution is 5.32. The molecule has 3 heteroatoms. The Morgan fingerprint density at radius 1 is 1.29 bits per heavy atom. The van der Waals surface area contributed by atoms with Crippen LogP contribution in [0, 0.1) is 0 Å². The average Bonchev–Trinajstić information content (AvgIpc) is 2.53. The van der Waals surface area contributed by atoms with Crippen molar-refractivity contribution in [2.45, 2.75) is 18.9 Å². The standard InChI is InChI=1S/C14H22N2O/c1-14(11-15-9-4-10-16(14)2)12-5-7-13(17-3)8-6-12/h5-8,15H,4,9-11H2,1-3H3. The normalized spacial score (nSPS) is 26.5. The Kier molecular flexibility index (Phi) is 3.69. The van der Waals surface area contributed by atoms with Crippen molar-refractivity contribution in [1.29, 1.82) is 0 Å². The molecule has 0 radical (unpaired) electrons. The van der Waals surface area contributed by atoms with Gasteiger partial charge in [0, 0.05) is 6.54 Å².